The van der Waals surface area contributed by atoms with Gasteiger partial charge in [-0.05, 0) is 20.8 Å². The molecule has 6 heteroatoms. The predicted octanol–water partition coefficient (Wildman–Crippen LogP) is 0.825. The van der Waals surface area contributed by atoms with Crippen LogP contribution in [0.3, 0.4) is 0 Å². The molecule has 98 valence electrons. The molecule has 2 N–H and O–H groups in total. The van der Waals surface area contributed by atoms with Crippen molar-refractivity contribution in [2.45, 2.75) is 26.4 Å². The van der Waals surface area contributed by atoms with Gasteiger partial charge in [0.2, 0.25) is 0 Å². The Hall–Kier alpha value is -0.880. The standard InChI is InChI=1S/C11H21N3O2S/c1-11(2,3)16-10(15)14-6-4-13(5-7-14)9(17)8-12/h4-8,12H2,1-3H3. The van der Waals surface area contributed by atoms with Crippen molar-refractivity contribution in [3.63, 3.8) is 0 Å². The van der Waals surface area contributed by atoms with E-state index in [1.807, 2.05) is 25.7 Å². The molecule has 1 rings (SSSR count). The molecule has 0 bridgehead atoms. The number of nitrogens with two attached hydrogens (primary N) is 1. The average Bonchev–Trinajstić information content (AvgIpc) is 2.26. The van der Waals surface area contributed by atoms with E-state index >= 15 is 0 Å². The first kappa shape index (κ1) is 14.2. The first-order valence-corrected chi connectivity index (χ1v) is 6.20. The van der Waals surface area contributed by atoms with Crippen LogP contribution in [0, 0.1) is 0 Å². The summed E-state index contributed by atoms with van der Waals surface area (Å²) in [7, 11) is 0. The second kappa shape index (κ2) is 5.64. The van der Waals surface area contributed by atoms with Gasteiger partial charge in [0.15, 0.2) is 0 Å². The Morgan fingerprint density at radius 2 is 1.71 bits per heavy atom. The second-order valence-corrected chi connectivity index (χ2v) is 5.52. The molecule has 1 aliphatic heterocycles. The number of hydrogen-bond donors (Lipinski definition) is 1. The van der Waals surface area contributed by atoms with Crippen LogP contribution in [0.2, 0.25) is 0 Å². The van der Waals surface area contributed by atoms with E-state index in [4.69, 9.17) is 22.7 Å². The molecule has 1 fully saturated rings. The molecular weight excluding hydrogens is 238 g/mol. The van der Waals surface area contributed by atoms with E-state index in [1.165, 1.54) is 0 Å². The van der Waals surface area contributed by atoms with Crippen molar-refractivity contribution in [3.8, 4) is 0 Å². The highest BCUT2D eigenvalue weighted by molar-refractivity contribution is 7.80. The summed E-state index contributed by atoms with van der Waals surface area (Å²) in [4.78, 5) is 16.3. The lowest BCUT2D eigenvalue weighted by Crippen LogP contribution is -2.52. The van der Waals surface area contributed by atoms with Crippen LogP contribution in [0.5, 0.6) is 0 Å². The van der Waals surface area contributed by atoms with Gasteiger partial charge in [-0.1, -0.05) is 12.2 Å². The normalized spacial score (nSPS) is 16.9. The van der Waals surface area contributed by atoms with E-state index in [0.717, 1.165) is 18.1 Å². The number of thiocarbonyl (C=S) groups is 1. The summed E-state index contributed by atoms with van der Waals surface area (Å²) in [6.45, 7) is 8.72. The Morgan fingerprint density at radius 3 is 2.12 bits per heavy atom. The predicted molar refractivity (Wildman–Crippen MR) is 71.0 cm³/mol. The molecule has 0 radical (unpaired) electrons. The summed E-state index contributed by atoms with van der Waals surface area (Å²) in [5.74, 6) is 0. The molecule has 1 aliphatic rings. The number of piperazine rings is 1. The number of nitrogens with zero attached hydrogens (tertiary/aromatic N) is 2. The van der Waals surface area contributed by atoms with E-state index in [-0.39, 0.29) is 6.09 Å². The zero-order chi connectivity index (χ0) is 13.1. The highest BCUT2D eigenvalue weighted by Gasteiger charge is 2.26. The summed E-state index contributed by atoms with van der Waals surface area (Å²) < 4.78 is 5.31. The molecule has 1 amide bonds. The zero-order valence-corrected chi connectivity index (χ0v) is 11.5. The molecule has 0 aromatic heterocycles. The lowest BCUT2D eigenvalue weighted by atomic mass is 10.2. The molecule has 0 saturated carbocycles. The van der Waals surface area contributed by atoms with Crippen molar-refractivity contribution in [1.29, 1.82) is 0 Å². The number of hydrogen-bond acceptors (Lipinski definition) is 4. The third-order valence-electron chi connectivity index (χ3n) is 2.46. The number of carbonyl (C=O) groups is 1. The maximum atomic E-state index is 11.8. The van der Waals surface area contributed by atoms with Gasteiger partial charge in [0, 0.05) is 32.7 Å². The van der Waals surface area contributed by atoms with Crippen LogP contribution >= 0.6 is 12.2 Å². The molecule has 1 heterocycles. The number of carbonyl (C=O) groups excluding carboxylic acids is 1. The monoisotopic (exact) mass is 259 g/mol. The summed E-state index contributed by atoms with van der Waals surface area (Å²) in [6, 6.07) is 0. The fourth-order valence-corrected chi connectivity index (χ4v) is 1.78. The maximum Gasteiger partial charge on any atom is 0.410 e. The van der Waals surface area contributed by atoms with Gasteiger partial charge in [0.1, 0.15) is 5.60 Å². The van der Waals surface area contributed by atoms with E-state index in [2.05, 4.69) is 0 Å². The third-order valence-corrected chi connectivity index (χ3v) is 2.88. The molecular formula is C11H21N3O2S. The molecule has 0 aliphatic carbocycles. The van der Waals surface area contributed by atoms with Crippen LogP contribution in [0.4, 0.5) is 4.79 Å². The molecule has 0 atom stereocenters. The highest BCUT2D eigenvalue weighted by Crippen LogP contribution is 2.11. The Labute approximate surface area is 108 Å². The zero-order valence-electron chi connectivity index (χ0n) is 10.7. The van der Waals surface area contributed by atoms with Gasteiger partial charge >= 0.3 is 6.09 Å². The van der Waals surface area contributed by atoms with Crippen molar-refractivity contribution in [3.05, 3.63) is 0 Å². The third kappa shape index (κ3) is 4.47. The molecule has 1 saturated heterocycles. The van der Waals surface area contributed by atoms with Crippen molar-refractivity contribution >= 4 is 23.3 Å². The Bertz CT molecular complexity index is 294. The van der Waals surface area contributed by atoms with Crippen molar-refractivity contribution < 1.29 is 9.53 Å². The van der Waals surface area contributed by atoms with Gasteiger partial charge < -0.3 is 20.3 Å². The van der Waals surface area contributed by atoms with Gasteiger partial charge in [-0.15, -0.1) is 0 Å². The quantitative estimate of drug-likeness (QED) is 0.707. The van der Waals surface area contributed by atoms with Crippen LogP contribution in [-0.2, 0) is 4.74 Å². The van der Waals surface area contributed by atoms with Crippen LogP contribution in [0.15, 0.2) is 0 Å². The lowest BCUT2D eigenvalue weighted by Gasteiger charge is -2.36. The van der Waals surface area contributed by atoms with Crippen molar-refractivity contribution in [2.75, 3.05) is 32.7 Å². The van der Waals surface area contributed by atoms with Gasteiger partial charge in [-0.2, -0.15) is 0 Å². The molecule has 0 unspecified atom stereocenters. The minimum Gasteiger partial charge on any atom is -0.444 e. The molecule has 0 aromatic rings. The molecule has 0 spiro atoms. The topological polar surface area (TPSA) is 58.8 Å². The summed E-state index contributed by atoms with van der Waals surface area (Å²) >= 11 is 5.13. The largest absolute Gasteiger partial charge is 0.444 e. The minimum atomic E-state index is -0.444. The smallest absolute Gasteiger partial charge is 0.410 e. The summed E-state index contributed by atoms with van der Waals surface area (Å²) in [6.07, 6.45) is -0.254. The Morgan fingerprint density at radius 1 is 1.24 bits per heavy atom. The summed E-state index contributed by atoms with van der Waals surface area (Å²) in [5, 5.41) is 0. The average molecular weight is 259 g/mol. The number of rotatable bonds is 1. The van der Waals surface area contributed by atoms with Gasteiger partial charge in [0.05, 0.1) is 4.99 Å². The van der Waals surface area contributed by atoms with E-state index in [9.17, 15) is 4.79 Å². The molecule has 17 heavy (non-hydrogen) atoms. The number of ether oxygens (including phenoxy) is 1. The van der Waals surface area contributed by atoms with E-state index < -0.39 is 5.60 Å². The van der Waals surface area contributed by atoms with Gasteiger partial charge in [-0.25, -0.2) is 4.79 Å². The van der Waals surface area contributed by atoms with Crippen LogP contribution in [0.1, 0.15) is 20.8 Å². The Kier molecular flexibility index (Phi) is 4.70. The number of amides is 1. The van der Waals surface area contributed by atoms with Crippen molar-refractivity contribution in [1.82, 2.24) is 9.80 Å². The first-order valence-electron chi connectivity index (χ1n) is 5.79. The molecule has 0 aromatic carbocycles. The SMILES string of the molecule is CC(C)(C)OC(=O)N1CCN(C(=S)CN)CC1. The van der Waals surface area contributed by atoms with Crippen LogP contribution in [-0.4, -0.2) is 59.2 Å². The van der Waals surface area contributed by atoms with Gasteiger partial charge in [0.25, 0.3) is 0 Å². The minimum absolute atomic E-state index is 0.254. The van der Waals surface area contributed by atoms with Crippen LogP contribution < -0.4 is 5.73 Å². The van der Waals surface area contributed by atoms with E-state index in [1.54, 1.807) is 4.90 Å². The van der Waals surface area contributed by atoms with E-state index in [0.29, 0.717) is 19.6 Å². The lowest BCUT2D eigenvalue weighted by molar-refractivity contribution is 0.0188. The Balaban J connectivity index is 2.42. The molecule has 5 nitrogen and oxygen atoms in total. The fraction of sp³-hybridized carbons (Fsp3) is 0.818. The second-order valence-electron chi connectivity index (χ2n) is 5.05. The summed E-state index contributed by atoms with van der Waals surface area (Å²) in [5.41, 5.74) is 5.05. The maximum absolute atomic E-state index is 11.8. The fourth-order valence-electron chi connectivity index (χ4n) is 1.59. The first-order chi connectivity index (χ1) is 7.83. The highest BCUT2D eigenvalue weighted by atomic mass is 32.1. The van der Waals surface area contributed by atoms with Gasteiger partial charge in [-0.3, -0.25) is 0 Å². The van der Waals surface area contributed by atoms with Crippen LogP contribution in [0.25, 0.3) is 0 Å². The van der Waals surface area contributed by atoms with Crippen molar-refractivity contribution in [2.24, 2.45) is 5.73 Å².